The van der Waals surface area contributed by atoms with Crippen LogP contribution in [0.1, 0.15) is 5.56 Å². The average Bonchev–Trinajstić information content (AvgIpc) is 3.04. The van der Waals surface area contributed by atoms with E-state index < -0.39 is 12.0 Å². The molecule has 0 spiro atoms. The highest BCUT2D eigenvalue weighted by molar-refractivity contribution is 5.74. The number of ether oxygens (including phenoxy) is 2. The lowest BCUT2D eigenvalue weighted by Gasteiger charge is -2.15. The molecular weight excluding hydrogens is 350 g/mol. The van der Waals surface area contributed by atoms with E-state index in [2.05, 4.69) is 10.3 Å². The molecule has 0 fully saturated rings. The van der Waals surface area contributed by atoms with E-state index in [0.29, 0.717) is 30.2 Å². The summed E-state index contributed by atoms with van der Waals surface area (Å²) >= 11 is 0. The first-order valence-corrected chi connectivity index (χ1v) is 8.47. The predicted molar refractivity (Wildman–Crippen MR) is 102 cm³/mol. The summed E-state index contributed by atoms with van der Waals surface area (Å²) in [4.78, 5) is 29.5. The monoisotopic (exact) mass is 373 g/mol. The lowest BCUT2D eigenvalue weighted by molar-refractivity contribution is -0.0915. The van der Waals surface area contributed by atoms with Gasteiger partial charge in [-0.2, -0.15) is 4.98 Å². The van der Waals surface area contributed by atoms with Gasteiger partial charge in [-0.1, -0.05) is 30.3 Å². The molecule has 1 N–H and O–H groups in total. The molecule has 0 aliphatic rings. The van der Waals surface area contributed by atoms with E-state index in [9.17, 15) is 9.59 Å². The van der Waals surface area contributed by atoms with Crippen molar-refractivity contribution in [1.29, 1.82) is 0 Å². The standard InChI is InChI=1S/C18H23N5O4/c1-21-15-14(16(24)22(2)18(21)25)23(11-12-8-6-5-7-9-12)17(20-15)19-10-13(26-3)27-4/h5-9,13H,10-11H2,1-4H3,(H,19,20). The molecule has 9 heteroatoms. The average molecular weight is 373 g/mol. The van der Waals surface area contributed by atoms with E-state index in [1.54, 1.807) is 25.8 Å². The zero-order valence-electron chi connectivity index (χ0n) is 15.8. The summed E-state index contributed by atoms with van der Waals surface area (Å²) < 4.78 is 14.6. The van der Waals surface area contributed by atoms with Gasteiger partial charge in [0, 0.05) is 28.3 Å². The minimum Gasteiger partial charge on any atom is -0.354 e. The zero-order valence-corrected chi connectivity index (χ0v) is 15.8. The Hall–Kier alpha value is -2.91. The van der Waals surface area contributed by atoms with Gasteiger partial charge in [-0.15, -0.1) is 0 Å². The molecule has 0 radical (unpaired) electrons. The Morgan fingerprint density at radius 1 is 1.07 bits per heavy atom. The van der Waals surface area contributed by atoms with Crippen LogP contribution in [0.15, 0.2) is 39.9 Å². The van der Waals surface area contributed by atoms with Crippen molar-refractivity contribution in [3.05, 3.63) is 56.7 Å². The second-order valence-corrected chi connectivity index (χ2v) is 6.17. The molecule has 0 saturated heterocycles. The lowest BCUT2D eigenvalue weighted by atomic mass is 10.2. The van der Waals surface area contributed by atoms with Crippen molar-refractivity contribution in [3.8, 4) is 0 Å². The number of fused-ring (bicyclic) bond motifs is 1. The molecule has 0 unspecified atom stereocenters. The van der Waals surface area contributed by atoms with Crippen LogP contribution in [-0.2, 0) is 30.1 Å². The number of methoxy groups -OCH3 is 2. The van der Waals surface area contributed by atoms with Crippen molar-refractivity contribution in [3.63, 3.8) is 0 Å². The van der Waals surface area contributed by atoms with Crippen molar-refractivity contribution in [2.24, 2.45) is 14.1 Å². The molecule has 0 bridgehead atoms. The molecule has 0 aliphatic carbocycles. The predicted octanol–water partition coefficient (Wildman–Crippen LogP) is 0.513. The summed E-state index contributed by atoms with van der Waals surface area (Å²) in [6, 6.07) is 9.73. The van der Waals surface area contributed by atoms with Gasteiger partial charge >= 0.3 is 5.69 Å². The maximum Gasteiger partial charge on any atom is 0.332 e. The summed E-state index contributed by atoms with van der Waals surface area (Å²) in [5.74, 6) is 0.464. The van der Waals surface area contributed by atoms with Crippen LogP contribution in [0.5, 0.6) is 0 Å². The van der Waals surface area contributed by atoms with Gasteiger partial charge in [-0.05, 0) is 5.56 Å². The smallest absolute Gasteiger partial charge is 0.332 e. The van der Waals surface area contributed by atoms with Crippen molar-refractivity contribution < 1.29 is 9.47 Å². The SMILES string of the molecule is COC(CNc1nc2c(c(=O)n(C)c(=O)n2C)n1Cc1ccccc1)OC. The summed E-state index contributed by atoms with van der Waals surface area (Å²) in [7, 11) is 6.15. The second kappa shape index (κ2) is 7.77. The fourth-order valence-corrected chi connectivity index (χ4v) is 2.94. The highest BCUT2D eigenvalue weighted by Gasteiger charge is 2.20. The molecular formula is C18H23N5O4. The van der Waals surface area contributed by atoms with Gasteiger partial charge in [0.15, 0.2) is 17.5 Å². The fraction of sp³-hybridized carbons (Fsp3) is 0.389. The molecule has 27 heavy (non-hydrogen) atoms. The highest BCUT2D eigenvalue weighted by Crippen LogP contribution is 2.18. The third-order valence-electron chi connectivity index (χ3n) is 4.48. The Bertz CT molecular complexity index is 1050. The topological polar surface area (TPSA) is 92.3 Å². The van der Waals surface area contributed by atoms with E-state index in [1.807, 2.05) is 30.3 Å². The second-order valence-electron chi connectivity index (χ2n) is 6.17. The number of nitrogens with one attached hydrogen (secondary N) is 1. The number of aryl methyl sites for hydroxylation is 1. The number of nitrogens with zero attached hydrogens (tertiary/aromatic N) is 4. The van der Waals surface area contributed by atoms with Crippen LogP contribution in [0.2, 0.25) is 0 Å². The summed E-state index contributed by atoms with van der Waals surface area (Å²) in [6.07, 6.45) is -0.471. The Balaban J connectivity index is 2.16. The van der Waals surface area contributed by atoms with Crippen LogP contribution >= 0.6 is 0 Å². The maximum absolute atomic E-state index is 12.8. The van der Waals surface area contributed by atoms with E-state index in [0.717, 1.165) is 10.1 Å². The van der Waals surface area contributed by atoms with Crippen LogP contribution in [0.3, 0.4) is 0 Å². The minimum atomic E-state index is -0.471. The maximum atomic E-state index is 12.8. The van der Waals surface area contributed by atoms with Crippen LogP contribution in [-0.4, -0.2) is 45.7 Å². The molecule has 1 aromatic carbocycles. The van der Waals surface area contributed by atoms with Crippen LogP contribution < -0.4 is 16.6 Å². The van der Waals surface area contributed by atoms with Crippen molar-refractivity contribution >= 4 is 17.1 Å². The Morgan fingerprint density at radius 3 is 2.37 bits per heavy atom. The minimum absolute atomic E-state index is 0.327. The van der Waals surface area contributed by atoms with Crippen molar-refractivity contribution in [2.75, 3.05) is 26.1 Å². The Kier molecular flexibility index (Phi) is 5.43. The first-order chi connectivity index (χ1) is 13.0. The first kappa shape index (κ1) is 18.9. The lowest BCUT2D eigenvalue weighted by Crippen LogP contribution is -2.37. The number of hydrogen-bond donors (Lipinski definition) is 1. The summed E-state index contributed by atoms with van der Waals surface area (Å²) in [6.45, 7) is 0.761. The molecule has 144 valence electrons. The molecule has 3 aromatic rings. The van der Waals surface area contributed by atoms with Crippen LogP contribution in [0, 0.1) is 0 Å². The van der Waals surface area contributed by atoms with E-state index in [1.165, 1.54) is 11.6 Å². The van der Waals surface area contributed by atoms with Gasteiger partial charge in [0.25, 0.3) is 5.56 Å². The highest BCUT2D eigenvalue weighted by atomic mass is 16.7. The van der Waals surface area contributed by atoms with Crippen LogP contribution in [0.25, 0.3) is 11.2 Å². The van der Waals surface area contributed by atoms with E-state index in [-0.39, 0.29) is 5.56 Å². The summed E-state index contributed by atoms with van der Waals surface area (Å²) in [5.41, 5.74) is 0.880. The molecule has 0 amide bonds. The number of anilines is 1. The van der Waals surface area contributed by atoms with Gasteiger partial charge in [0.1, 0.15) is 0 Å². The van der Waals surface area contributed by atoms with Crippen molar-refractivity contribution in [1.82, 2.24) is 18.7 Å². The van der Waals surface area contributed by atoms with Gasteiger partial charge in [-0.3, -0.25) is 18.5 Å². The third-order valence-corrected chi connectivity index (χ3v) is 4.48. The molecule has 0 aliphatic heterocycles. The Morgan fingerprint density at radius 2 is 1.74 bits per heavy atom. The number of imidazole rings is 1. The zero-order chi connectivity index (χ0) is 19.6. The number of rotatable bonds is 7. The number of hydrogen-bond acceptors (Lipinski definition) is 6. The largest absolute Gasteiger partial charge is 0.354 e. The van der Waals surface area contributed by atoms with Crippen LogP contribution in [0.4, 0.5) is 5.95 Å². The Labute approximate surface area is 155 Å². The molecule has 0 saturated carbocycles. The van der Waals surface area contributed by atoms with Crippen molar-refractivity contribution in [2.45, 2.75) is 12.8 Å². The normalized spacial score (nSPS) is 11.4. The van der Waals surface area contributed by atoms with Gasteiger partial charge in [-0.25, -0.2) is 4.79 Å². The number of benzene rings is 1. The molecule has 2 heterocycles. The molecule has 3 rings (SSSR count). The van der Waals surface area contributed by atoms with Gasteiger partial charge in [0.2, 0.25) is 5.95 Å². The van der Waals surface area contributed by atoms with Gasteiger partial charge < -0.3 is 14.8 Å². The quantitative estimate of drug-likeness (QED) is 0.607. The van der Waals surface area contributed by atoms with E-state index in [4.69, 9.17) is 9.47 Å². The fourth-order valence-electron chi connectivity index (χ4n) is 2.94. The molecule has 2 aromatic heterocycles. The van der Waals surface area contributed by atoms with Gasteiger partial charge in [0.05, 0.1) is 13.1 Å². The first-order valence-electron chi connectivity index (χ1n) is 8.47. The third kappa shape index (κ3) is 3.51. The van der Waals surface area contributed by atoms with E-state index >= 15 is 0 Å². The molecule has 0 atom stereocenters. The number of aromatic nitrogens is 4. The molecule has 9 nitrogen and oxygen atoms in total. The summed E-state index contributed by atoms with van der Waals surface area (Å²) in [5, 5.41) is 3.16.